The molecule has 3 nitrogen and oxygen atoms in total. The largest absolute Gasteiger partial charge is 0.496 e. The molecule has 1 aliphatic rings. The van der Waals surface area contributed by atoms with E-state index in [0.717, 1.165) is 36.5 Å². The van der Waals surface area contributed by atoms with Crippen molar-refractivity contribution < 1.29 is 9.47 Å². The summed E-state index contributed by atoms with van der Waals surface area (Å²) >= 11 is 0. The number of methoxy groups -OCH3 is 1. The second-order valence-corrected chi connectivity index (χ2v) is 4.05. The molecule has 2 N–H and O–H groups in total. The first-order valence-corrected chi connectivity index (χ1v) is 5.29. The maximum absolute atomic E-state index is 5.80. The average Bonchev–Trinajstić information content (AvgIpc) is 2.62. The van der Waals surface area contributed by atoms with Gasteiger partial charge in [0.15, 0.2) is 0 Å². The maximum Gasteiger partial charge on any atom is 0.123 e. The predicted octanol–water partition coefficient (Wildman–Crippen LogP) is 1.52. The molecule has 0 aliphatic carbocycles. The molecule has 0 aromatic heterocycles. The van der Waals surface area contributed by atoms with E-state index in [1.54, 1.807) is 7.11 Å². The molecule has 0 saturated heterocycles. The maximum atomic E-state index is 5.80. The predicted molar refractivity (Wildman–Crippen MR) is 59.5 cm³/mol. The van der Waals surface area contributed by atoms with Gasteiger partial charge in [-0.3, -0.25) is 0 Å². The molecule has 1 heterocycles. The molecule has 1 aromatic rings. The lowest BCUT2D eigenvalue weighted by Gasteiger charge is -2.12. The van der Waals surface area contributed by atoms with Gasteiger partial charge < -0.3 is 15.2 Å². The summed E-state index contributed by atoms with van der Waals surface area (Å²) < 4.78 is 10.9. The number of benzene rings is 1. The Morgan fingerprint density at radius 2 is 2.33 bits per heavy atom. The van der Waals surface area contributed by atoms with E-state index < -0.39 is 0 Å². The quantitative estimate of drug-likeness (QED) is 0.817. The zero-order valence-electron chi connectivity index (χ0n) is 9.25. The fourth-order valence-corrected chi connectivity index (χ4v) is 1.94. The Bertz CT molecular complexity index is 361. The molecular formula is C12H17NO2. The molecule has 1 atom stereocenters. The zero-order valence-corrected chi connectivity index (χ0v) is 9.25. The highest BCUT2D eigenvalue weighted by Gasteiger charge is 2.16. The van der Waals surface area contributed by atoms with E-state index in [-0.39, 0.29) is 6.04 Å². The summed E-state index contributed by atoms with van der Waals surface area (Å²) in [5, 5.41) is 0. The van der Waals surface area contributed by atoms with E-state index >= 15 is 0 Å². The molecule has 1 unspecified atom stereocenters. The highest BCUT2D eigenvalue weighted by atomic mass is 16.5. The number of nitrogens with two attached hydrogens (primary N) is 1. The summed E-state index contributed by atoms with van der Waals surface area (Å²) in [5.41, 5.74) is 8.17. The van der Waals surface area contributed by atoms with Crippen LogP contribution in [0.5, 0.6) is 11.5 Å². The molecule has 0 saturated carbocycles. The molecule has 3 heteroatoms. The van der Waals surface area contributed by atoms with Crippen LogP contribution in [0.3, 0.4) is 0 Å². The smallest absolute Gasteiger partial charge is 0.123 e. The Kier molecular flexibility index (Phi) is 2.82. The minimum atomic E-state index is 0.137. The lowest BCUT2D eigenvalue weighted by Crippen LogP contribution is -2.18. The molecule has 15 heavy (non-hydrogen) atoms. The third kappa shape index (κ3) is 2.07. The Labute approximate surface area is 90.2 Å². The topological polar surface area (TPSA) is 44.5 Å². The summed E-state index contributed by atoms with van der Waals surface area (Å²) in [5.74, 6) is 1.92. The van der Waals surface area contributed by atoms with Crippen molar-refractivity contribution >= 4 is 0 Å². The van der Waals surface area contributed by atoms with Crippen LogP contribution >= 0.6 is 0 Å². The van der Waals surface area contributed by atoms with Crippen molar-refractivity contribution in [3.8, 4) is 11.5 Å². The number of fused-ring (bicyclic) bond motifs is 1. The first-order chi connectivity index (χ1) is 7.20. The molecule has 0 radical (unpaired) electrons. The fourth-order valence-electron chi connectivity index (χ4n) is 1.94. The lowest BCUT2D eigenvalue weighted by molar-refractivity contribution is 0.355. The van der Waals surface area contributed by atoms with Crippen LogP contribution in [0.1, 0.15) is 18.1 Å². The van der Waals surface area contributed by atoms with Gasteiger partial charge in [-0.25, -0.2) is 0 Å². The van der Waals surface area contributed by atoms with Gasteiger partial charge in [-0.1, -0.05) is 0 Å². The fraction of sp³-hybridized carbons (Fsp3) is 0.500. The van der Waals surface area contributed by atoms with Crippen LogP contribution in [0.4, 0.5) is 0 Å². The molecule has 1 aromatic carbocycles. The van der Waals surface area contributed by atoms with E-state index in [1.807, 2.05) is 6.92 Å². The highest BCUT2D eigenvalue weighted by molar-refractivity contribution is 5.48. The van der Waals surface area contributed by atoms with Gasteiger partial charge in [-0.15, -0.1) is 0 Å². The van der Waals surface area contributed by atoms with Crippen LogP contribution in [0.25, 0.3) is 0 Å². The molecule has 1 aliphatic heterocycles. The zero-order chi connectivity index (χ0) is 10.8. The normalized spacial score (nSPS) is 15.7. The summed E-state index contributed by atoms with van der Waals surface area (Å²) in [7, 11) is 1.70. The summed E-state index contributed by atoms with van der Waals surface area (Å²) in [4.78, 5) is 0. The van der Waals surface area contributed by atoms with Crippen LogP contribution < -0.4 is 15.2 Å². The number of rotatable bonds is 3. The first kappa shape index (κ1) is 10.3. The van der Waals surface area contributed by atoms with Gasteiger partial charge >= 0.3 is 0 Å². The van der Waals surface area contributed by atoms with E-state index in [2.05, 4.69) is 12.1 Å². The van der Waals surface area contributed by atoms with Crippen molar-refractivity contribution in [1.82, 2.24) is 0 Å². The van der Waals surface area contributed by atoms with Gasteiger partial charge in [0, 0.05) is 18.0 Å². The SMILES string of the molecule is COc1cc2c(cc1CC(C)N)OCC2. The van der Waals surface area contributed by atoms with Crippen LogP contribution in [0.2, 0.25) is 0 Å². The van der Waals surface area contributed by atoms with Gasteiger partial charge in [-0.2, -0.15) is 0 Å². The minimum Gasteiger partial charge on any atom is -0.496 e. The van der Waals surface area contributed by atoms with Gasteiger partial charge in [0.05, 0.1) is 13.7 Å². The van der Waals surface area contributed by atoms with E-state index in [1.165, 1.54) is 5.56 Å². The molecule has 2 rings (SSSR count). The third-order valence-corrected chi connectivity index (χ3v) is 2.63. The van der Waals surface area contributed by atoms with Crippen LogP contribution in [-0.2, 0) is 12.8 Å². The first-order valence-electron chi connectivity index (χ1n) is 5.29. The van der Waals surface area contributed by atoms with Gasteiger partial charge in [0.25, 0.3) is 0 Å². The second kappa shape index (κ2) is 4.11. The molecule has 0 bridgehead atoms. The summed E-state index contributed by atoms with van der Waals surface area (Å²) in [6, 6.07) is 4.27. The minimum absolute atomic E-state index is 0.137. The van der Waals surface area contributed by atoms with E-state index in [0.29, 0.717) is 0 Å². The van der Waals surface area contributed by atoms with Crippen LogP contribution in [-0.4, -0.2) is 19.8 Å². The van der Waals surface area contributed by atoms with Crippen molar-refractivity contribution in [1.29, 1.82) is 0 Å². The molecular weight excluding hydrogens is 190 g/mol. The third-order valence-electron chi connectivity index (χ3n) is 2.63. The highest BCUT2D eigenvalue weighted by Crippen LogP contribution is 2.33. The lowest BCUT2D eigenvalue weighted by atomic mass is 10.0. The summed E-state index contributed by atoms with van der Waals surface area (Å²) in [6.07, 6.45) is 1.80. The van der Waals surface area contributed by atoms with Crippen molar-refractivity contribution in [2.45, 2.75) is 25.8 Å². The molecule has 0 amide bonds. The Morgan fingerprint density at radius 1 is 1.53 bits per heavy atom. The summed E-state index contributed by atoms with van der Waals surface area (Å²) in [6.45, 7) is 2.77. The second-order valence-electron chi connectivity index (χ2n) is 4.05. The monoisotopic (exact) mass is 207 g/mol. The van der Waals surface area contributed by atoms with E-state index in [4.69, 9.17) is 15.2 Å². The Hall–Kier alpha value is -1.22. The molecule has 82 valence electrons. The molecule has 0 fully saturated rings. The number of ether oxygens (including phenoxy) is 2. The van der Waals surface area contributed by atoms with E-state index in [9.17, 15) is 0 Å². The number of hydrogen-bond acceptors (Lipinski definition) is 3. The van der Waals surface area contributed by atoms with Crippen molar-refractivity contribution in [3.05, 3.63) is 23.3 Å². The Morgan fingerprint density at radius 3 is 3.00 bits per heavy atom. The average molecular weight is 207 g/mol. The van der Waals surface area contributed by atoms with Crippen molar-refractivity contribution in [3.63, 3.8) is 0 Å². The standard InChI is InChI=1S/C12H17NO2/c1-8(13)5-10-7-12-9(3-4-15-12)6-11(10)14-2/h6-8H,3-5,13H2,1-2H3. The van der Waals surface area contributed by atoms with Crippen LogP contribution in [0.15, 0.2) is 12.1 Å². The number of hydrogen-bond donors (Lipinski definition) is 1. The van der Waals surface area contributed by atoms with Crippen molar-refractivity contribution in [2.75, 3.05) is 13.7 Å². The van der Waals surface area contributed by atoms with Gasteiger partial charge in [0.2, 0.25) is 0 Å². The van der Waals surface area contributed by atoms with Crippen molar-refractivity contribution in [2.24, 2.45) is 5.73 Å². The van der Waals surface area contributed by atoms with Gasteiger partial charge in [-0.05, 0) is 31.0 Å². The van der Waals surface area contributed by atoms with Crippen LogP contribution in [0, 0.1) is 0 Å². The Balaban J connectivity index is 2.35. The molecule has 0 spiro atoms. The van der Waals surface area contributed by atoms with Gasteiger partial charge in [0.1, 0.15) is 11.5 Å².